The highest BCUT2D eigenvalue weighted by Gasteiger charge is 2.19. The summed E-state index contributed by atoms with van der Waals surface area (Å²) in [4.78, 5) is 2.27. The number of methoxy groups -OCH3 is 1. The molecule has 1 heterocycles. The Morgan fingerprint density at radius 2 is 2.13 bits per heavy atom. The second-order valence-electron chi connectivity index (χ2n) is 4.03. The second-order valence-corrected chi connectivity index (χ2v) is 4.03. The van der Waals surface area contributed by atoms with Crippen molar-refractivity contribution < 1.29 is 9.84 Å². The van der Waals surface area contributed by atoms with Crippen LogP contribution < -0.4 is 4.74 Å². The van der Waals surface area contributed by atoms with E-state index in [-0.39, 0.29) is 6.10 Å². The van der Waals surface area contributed by atoms with E-state index in [1.807, 2.05) is 12.1 Å². The van der Waals surface area contributed by atoms with Crippen LogP contribution >= 0.6 is 0 Å². The summed E-state index contributed by atoms with van der Waals surface area (Å²) in [5.74, 6) is 0.889. The summed E-state index contributed by atoms with van der Waals surface area (Å²) >= 11 is 0. The Morgan fingerprint density at radius 3 is 2.67 bits per heavy atom. The largest absolute Gasteiger partial charge is 0.497 e. The van der Waals surface area contributed by atoms with Crippen molar-refractivity contribution in [2.75, 3.05) is 20.2 Å². The molecule has 1 saturated heterocycles. The van der Waals surface area contributed by atoms with E-state index in [4.69, 9.17) is 4.74 Å². The van der Waals surface area contributed by atoms with Gasteiger partial charge in [-0.2, -0.15) is 0 Å². The number of aliphatic hydroxyl groups is 1. The zero-order valence-corrected chi connectivity index (χ0v) is 9.02. The molecule has 1 aromatic rings. The minimum atomic E-state index is -0.136. The number of likely N-dealkylation sites (tertiary alicyclic amines) is 1. The van der Waals surface area contributed by atoms with Gasteiger partial charge in [-0.15, -0.1) is 0 Å². The zero-order valence-electron chi connectivity index (χ0n) is 9.02. The molecule has 1 aliphatic rings. The Labute approximate surface area is 90.3 Å². The Kier molecular flexibility index (Phi) is 3.23. The summed E-state index contributed by atoms with van der Waals surface area (Å²) < 4.78 is 5.10. The van der Waals surface area contributed by atoms with Gasteiger partial charge < -0.3 is 9.84 Å². The van der Waals surface area contributed by atoms with Crippen molar-refractivity contribution in [3.05, 3.63) is 29.8 Å². The molecule has 15 heavy (non-hydrogen) atoms. The number of β-amino-alcohol motifs (C(OH)–C–C–N with tert-alkyl or cyclic N) is 1. The maximum Gasteiger partial charge on any atom is 0.118 e. The molecule has 82 valence electrons. The van der Waals surface area contributed by atoms with Gasteiger partial charge in [0.05, 0.1) is 13.2 Å². The molecule has 3 heteroatoms. The van der Waals surface area contributed by atoms with Crippen LogP contribution in [0.2, 0.25) is 0 Å². The molecule has 0 bridgehead atoms. The van der Waals surface area contributed by atoms with Gasteiger partial charge >= 0.3 is 0 Å². The van der Waals surface area contributed by atoms with Crippen LogP contribution in [-0.4, -0.2) is 36.3 Å². The van der Waals surface area contributed by atoms with E-state index in [0.717, 1.165) is 31.8 Å². The van der Waals surface area contributed by atoms with E-state index in [1.165, 1.54) is 5.56 Å². The predicted octanol–water partition coefficient (Wildman–Crippen LogP) is 1.26. The third-order valence-corrected chi connectivity index (χ3v) is 2.81. The van der Waals surface area contributed by atoms with Gasteiger partial charge in [0, 0.05) is 19.6 Å². The quantitative estimate of drug-likeness (QED) is 0.810. The van der Waals surface area contributed by atoms with Gasteiger partial charge in [0.15, 0.2) is 0 Å². The van der Waals surface area contributed by atoms with Crippen molar-refractivity contribution in [1.29, 1.82) is 0 Å². The Balaban J connectivity index is 1.93. The number of hydrogen-bond donors (Lipinski definition) is 1. The van der Waals surface area contributed by atoms with Crippen LogP contribution in [0.1, 0.15) is 12.0 Å². The van der Waals surface area contributed by atoms with Crippen LogP contribution in [0.3, 0.4) is 0 Å². The molecule has 0 aliphatic carbocycles. The fourth-order valence-electron chi connectivity index (χ4n) is 1.94. The summed E-state index contributed by atoms with van der Waals surface area (Å²) in [5.41, 5.74) is 1.27. The number of rotatable bonds is 3. The lowest BCUT2D eigenvalue weighted by molar-refractivity contribution is 0.175. The van der Waals surface area contributed by atoms with Crippen LogP contribution in [0.25, 0.3) is 0 Å². The van der Waals surface area contributed by atoms with E-state index in [2.05, 4.69) is 17.0 Å². The summed E-state index contributed by atoms with van der Waals surface area (Å²) in [7, 11) is 1.67. The zero-order chi connectivity index (χ0) is 10.7. The lowest BCUT2D eigenvalue weighted by Gasteiger charge is -2.14. The predicted molar refractivity (Wildman–Crippen MR) is 58.9 cm³/mol. The lowest BCUT2D eigenvalue weighted by Crippen LogP contribution is -2.21. The number of nitrogens with zero attached hydrogens (tertiary/aromatic N) is 1. The Hall–Kier alpha value is -1.06. The average Bonchev–Trinajstić information content (AvgIpc) is 2.65. The van der Waals surface area contributed by atoms with Gasteiger partial charge in [-0.05, 0) is 24.1 Å². The average molecular weight is 207 g/mol. The highest BCUT2D eigenvalue weighted by atomic mass is 16.5. The lowest BCUT2D eigenvalue weighted by atomic mass is 10.2. The van der Waals surface area contributed by atoms with Crippen LogP contribution in [0, 0.1) is 0 Å². The smallest absolute Gasteiger partial charge is 0.118 e. The summed E-state index contributed by atoms with van der Waals surface area (Å²) in [6.07, 6.45) is 0.763. The van der Waals surface area contributed by atoms with E-state index in [9.17, 15) is 5.11 Å². The van der Waals surface area contributed by atoms with Gasteiger partial charge in [-0.1, -0.05) is 12.1 Å². The molecule has 1 aromatic carbocycles. The molecule has 0 unspecified atom stereocenters. The molecule has 1 fully saturated rings. The van der Waals surface area contributed by atoms with Crippen molar-refractivity contribution in [3.8, 4) is 5.75 Å². The van der Waals surface area contributed by atoms with E-state index >= 15 is 0 Å². The topological polar surface area (TPSA) is 32.7 Å². The van der Waals surface area contributed by atoms with Crippen LogP contribution in [0.5, 0.6) is 5.75 Å². The Morgan fingerprint density at radius 1 is 1.40 bits per heavy atom. The first-order chi connectivity index (χ1) is 7.28. The van der Waals surface area contributed by atoms with E-state index in [1.54, 1.807) is 7.11 Å². The first-order valence-electron chi connectivity index (χ1n) is 5.31. The number of benzene rings is 1. The maximum absolute atomic E-state index is 9.40. The van der Waals surface area contributed by atoms with E-state index < -0.39 is 0 Å². The third kappa shape index (κ3) is 2.70. The minimum Gasteiger partial charge on any atom is -0.497 e. The molecule has 0 amide bonds. The van der Waals surface area contributed by atoms with Gasteiger partial charge in [0.2, 0.25) is 0 Å². The van der Waals surface area contributed by atoms with Gasteiger partial charge in [0.1, 0.15) is 5.75 Å². The molecule has 1 atom stereocenters. The molecule has 2 rings (SSSR count). The SMILES string of the molecule is COc1ccc(CN2CC[C@H](O)C2)cc1. The van der Waals surface area contributed by atoms with Gasteiger partial charge in [0.25, 0.3) is 0 Å². The number of hydrogen-bond acceptors (Lipinski definition) is 3. The summed E-state index contributed by atoms with van der Waals surface area (Å²) in [6, 6.07) is 8.09. The van der Waals surface area contributed by atoms with Crippen molar-refractivity contribution in [2.24, 2.45) is 0 Å². The molecule has 3 nitrogen and oxygen atoms in total. The molecule has 1 aliphatic heterocycles. The van der Waals surface area contributed by atoms with Crippen molar-refractivity contribution in [3.63, 3.8) is 0 Å². The highest BCUT2D eigenvalue weighted by Crippen LogP contribution is 2.16. The fraction of sp³-hybridized carbons (Fsp3) is 0.500. The maximum atomic E-state index is 9.40. The summed E-state index contributed by atoms with van der Waals surface area (Å²) in [5, 5.41) is 9.40. The van der Waals surface area contributed by atoms with Crippen molar-refractivity contribution in [1.82, 2.24) is 4.90 Å². The highest BCUT2D eigenvalue weighted by molar-refractivity contribution is 5.27. The van der Waals surface area contributed by atoms with Crippen LogP contribution in [0.15, 0.2) is 24.3 Å². The minimum absolute atomic E-state index is 0.136. The van der Waals surface area contributed by atoms with Crippen molar-refractivity contribution >= 4 is 0 Å². The fourth-order valence-corrected chi connectivity index (χ4v) is 1.94. The van der Waals surface area contributed by atoms with Crippen LogP contribution in [-0.2, 0) is 6.54 Å². The molecule has 0 spiro atoms. The molecule has 0 saturated carbocycles. The number of aliphatic hydroxyl groups excluding tert-OH is 1. The second kappa shape index (κ2) is 4.64. The summed E-state index contributed by atoms with van der Waals surface area (Å²) in [6.45, 7) is 2.71. The van der Waals surface area contributed by atoms with Gasteiger partial charge in [-0.3, -0.25) is 4.90 Å². The van der Waals surface area contributed by atoms with Crippen molar-refractivity contribution in [2.45, 2.75) is 19.1 Å². The molecule has 1 N–H and O–H groups in total. The van der Waals surface area contributed by atoms with Crippen LogP contribution in [0.4, 0.5) is 0 Å². The molecular weight excluding hydrogens is 190 g/mol. The third-order valence-electron chi connectivity index (χ3n) is 2.81. The first-order valence-corrected chi connectivity index (χ1v) is 5.31. The Bertz CT molecular complexity index is 310. The monoisotopic (exact) mass is 207 g/mol. The van der Waals surface area contributed by atoms with E-state index in [0.29, 0.717) is 0 Å². The molecule has 0 radical (unpaired) electrons. The molecular formula is C12H17NO2. The normalized spacial score (nSPS) is 21.9. The number of ether oxygens (including phenoxy) is 1. The molecule has 0 aromatic heterocycles. The first kappa shape index (κ1) is 10.5. The van der Waals surface area contributed by atoms with Gasteiger partial charge in [-0.25, -0.2) is 0 Å². The standard InChI is InChI=1S/C12H17NO2/c1-15-12-4-2-10(3-5-12)8-13-7-6-11(14)9-13/h2-5,11,14H,6-9H2,1H3/t11-/m0/s1.